The molecule has 0 atom stereocenters. The van der Waals surface area contributed by atoms with E-state index < -0.39 is 0 Å². The molecule has 4 aromatic rings. The van der Waals surface area contributed by atoms with E-state index in [1.807, 2.05) is 30.3 Å². The molecule has 0 saturated heterocycles. The maximum Gasteiger partial charge on any atom is 0.329 e. The second kappa shape index (κ2) is 3.52. The number of fused-ring (bicyclic) bond motifs is 2. The first kappa shape index (κ1) is 10.0. The van der Waals surface area contributed by atoms with Gasteiger partial charge in [-0.1, -0.05) is 18.2 Å². The van der Waals surface area contributed by atoms with Crippen molar-refractivity contribution in [1.29, 1.82) is 0 Å². The van der Waals surface area contributed by atoms with Crippen LogP contribution in [0.3, 0.4) is 0 Å². The molecule has 19 heavy (non-hydrogen) atoms. The number of hydrogen-bond acceptors (Lipinski definition) is 5. The van der Waals surface area contributed by atoms with E-state index in [0.29, 0.717) is 11.0 Å². The van der Waals surface area contributed by atoms with Crippen LogP contribution in [0.25, 0.3) is 22.6 Å². The van der Waals surface area contributed by atoms with Gasteiger partial charge in [-0.2, -0.15) is 10.1 Å². The molecule has 0 unspecified atom stereocenters. The summed E-state index contributed by atoms with van der Waals surface area (Å²) < 4.78 is 7.77. The third-order valence-corrected chi connectivity index (χ3v) is 2.87. The van der Waals surface area contributed by atoms with Crippen molar-refractivity contribution in [2.75, 3.05) is 0 Å². The van der Waals surface area contributed by atoms with Crippen LogP contribution in [-0.2, 0) is 0 Å². The molecule has 0 saturated carbocycles. The average Bonchev–Trinajstić information content (AvgIpc) is 3.07. The van der Waals surface area contributed by atoms with Crippen LogP contribution in [0.4, 0.5) is 0 Å². The van der Waals surface area contributed by atoms with Gasteiger partial charge < -0.3 is 4.42 Å². The standard InChI is InChI=1S/C12H7N5O2/c18-11-9-6-13-16(8-4-2-1-3-5-8)10(9)15-12-17(11)14-7-19-12/h1-7H. The fourth-order valence-electron chi connectivity index (χ4n) is 1.99. The van der Waals surface area contributed by atoms with Crippen LogP contribution in [0, 0.1) is 0 Å². The molecule has 0 N–H and O–H groups in total. The highest BCUT2D eigenvalue weighted by Gasteiger charge is 2.14. The van der Waals surface area contributed by atoms with Crippen molar-refractivity contribution in [3.05, 3.63) is 53.3 Å². The Kier molecular flexibility index (Phi) is 1.85. The summed E-state index contributed by atoms with van der Waals surface area (Å²) in [6, 6.07) is 9.46. The third kappa shape index (κ3) is 1.32. The predicted octanol–water partition coefficient (Wildman–Crippen LogP) is 1.02. The van der Waals surface area contributed by atoms with Crippen molar-refractivity contribution in [1.82, 2.24) is 24.4 Å². The minimum atomic E-state index is -0.295. The van der Waals surface area contributed by atoms with Crippen molar-refractivity contribution in [2.45, 2.75) is 0 Å². The van der Waals surface area contributed by atoms with Crippen molar-refractivity contribution < 1.29 is 4.42 Å². The number of nitrogens with zero attached hydrogens (tertiary/aromatic N) is 5. The molecule has 0 aliphatic rings. The van der Waals surface area contributed by atoms with E-state index in [1.165, 1.54) is 12.6 Å². The Morgan fingerprint density at radius 3 is 2.79 bits per heavy atom. The van der Waals surface area contributed by atoms with Gasteiger partial charge in [-0.25, -0.2) is 4.68 Å². The lowest BCUT2D eigenvalue weighted by molar-refractivity contribution is 0.587. The normalized spacial score (nSPS) is 11.4. The highest BCUT2D eigenvalue weighted by Crippen LogP contribution is 2.14. The first-order valence-electron chi connectivity index (χ1n) is 5.60. The number of rotatable bonds is 1. The fraction of sp³-hybridized carbons (Fsp3) is 0. The minimum absolute atomic E-state index is 0.148. The fourth-order valence-corrected chi connectivity index (χ4v) is 1.99. The summed E-state index contributed by atoms with van der Waals surface area (Å²) in [5.41, 5.74) is 0.983. The molecular formula is C12H7N5O2. The van der Waals surface area contributed by atoms with Gasteiger partial charge in [0.05, 0.1) is 11.9 Å². The number of para-hydroxylation sites is 1. The zero-order valence-corrected chi connectivity index (χ0v) is 9.59. The van der Waals surface area contributed by atoms with E-state index >= 15 is 0 Å². The van der Waals surface area contributed by atoms with E-state index in [9.17, 15) is 4.79 Å². The summed E-state index contributed by atoms with van der Waals surface area (Å²) in [7, 11) is 0. The largest absolute Gasteiger partial charge is 0.410 e. The molecule has 0 fully saturated rings. The smallest absolute Gasteiger partial charge is 0.329 e. The number of aromatic nitrogens is 5. The Labute approximate surface area is 105 Å². The Bertz CT molecular complexity index is 935. The lowest BCUT2D eigenvalue weighted by Gasteiger charge is -2.01. The van der Waals surface area contributed by atoms with Gasteiger partial charge in [0.25, 0.3) is 5.56 Å². The van der Waals surface area contributed by atoms with Crippen molar-refractivity contribution in [2.24, 2.45) is 0 Å². The van der Waals surface area contributed by atoms with E-state index in [4.69, 9.17) is 4.42 Å². The van der Waals surface area contributed by atoms with Gasteiger partial charge in [0.15, 0.2) is 5.65 Å². The molecule has 1 aromatic carbocycles. The Morgan fingerprint density at radius 2 is 1.95 bits per heavy atom. The maximum absolute atomic E-state index is 12.1. The summed E-state index contributed by atoms with van der Waals surface area (Å²) in [6.07, 6.45) is 2.67. The van der Waals surface area contributed by atoms with Crippen LogP contribution in [0.1, 0.15) is 0 Å². The SMILES string of the molecule is O=c1c2cnn(-c3ccccc3)c2nc2ocnn12. The highest BCUT2D eigenvalue weighted by atomic mass is 16.4. The van der Waals surface area contributed by atoms with Crippen LogP contribution >= 0.6 is 0 Å². The molecule has 0 aliphatic carbocycles. The van der Waals surface area contributed by atoms with Crippen LogP contribution in [0.5, 0.6) is 0 Å². The van der Waals surface area contributed by atoms with Crippen molar-refractivity contribution in [3.8, 4) is 5.69 Å². The van der Waals surface area contributed by atoms with Gasteiger partial charge in [-0.15, -0.1) is 9.61 Å². The summed E-state index contributed by atoms with van der Waals surface area (Å²) in [4.78, 5) is 16.4. The van der Waals surface area contributed by atoms with E-state index in [1.54, 1.807) is 4.68 Å². The number of benzene rings is 1. The first-order valence-corrected chi connectivity index (χ1v) is 5.60. The summed E-state index contributed by atoms with van der Waals surface area (Å²) >= 11 is 0. The molecule has 0 aliphatic heterocycles. The molecule has 7 nitrogen and oxygen atoms in total. The minimum Gasteiger partial charge on any atom is -0.410 e. The first-order chi connectivity index (χ1) is 9.34. The van der Waals surface area contributed by atoms with Crippen LogP contribution in [0.15, 0.2) is 52.1 Å². The van der Waals surface area contributed by atoms with Crippen LogP contribution in [-0.4, -0.2) is 24.4 Å². The molecular weight excluding hydrogens is 246 g/mol. The van der Waals surface area contributed by atoms with Crippen LogP contribution in [0.2, 0.25) is 0 Å². The summed E-state index contributed by atoms with van der Waals surface area (Å²) in [5, 5.41) is 8.39. The van der Waals surface area contributed by atoms with Gasteiger partial charge in [-0.05, 0) is 12.1 Å². The van der Waals surface area contributed by atoms with Crippen molar-refractivity contribution >= 4 is 16.9 Å². The molecule has 7 heteroatoms. The van der Waals surface area contributed by atoms with Gasteiger partial charge in [0.1, 0.15) is 5.39 Å². The summed E-state index contributed by atoms with van der Waals surface area (Å²) in [6.45, 7) is 0. The highest BCUT2D eigenvalue weighted by molar-refractivity contribution is 5.76. The maximum atomic E-state index is 12.1. The zero-order valence-electron chi connectivity index (χ0n) is 9.59. The second-order valence-corrected chi connectivity index (χ2v) is 3.98. The molecule has 4 rings (SSSR count). The molecule has 0 bridgehead atoms. The van der Waals surface area contributed by atoms with Gasteiger partial charge >= 0.3 is 5.84 Å². The topological polar surface area (TPSA) is 78.2 Å². The monoisotopic (exact) mass is 253 g/mol. The zero-order chi connectivity index (χ0) is 12.8. The Morgan fingerprint density at radius 1 is 1.11 bits per heavy atom. The lowest BCUT2D eigenvalue weighted by Crippen LogP contribution is -2.15. The predicted molar refractivity (Wildman–Crippen MR) is 66.2 cm³/mol. The Hall–Kier alpha value is -2.96. The number of hydrogen-bond donors (Lipinski definition) is 0. The average molecular weight is 253 g/mol. The van der Waals surface area contributed by atoms with Gasteiger partial charge in [0.2, 0.25) is 6.39 Å². The molecule has 3 heterocycles. The van der Waals surface area contributed by atoms with Crippen molar-refractivity contribution in [3.63, 3.8) is 0 Å². The van der Waals surface area contributed by atoms with Crippen LogP contribution < -0.4 is 5.56 Å². The summed E-state index contributed by atoms with van der Waals surface area (Å²) in [5.74, 6) is 0.148. The second-order valence-electron chi connectivity index (χ2n) is 3.98. The molecule has 92 valence electrons. The van der Waals surface area contributed by atoms with E-state index in [2.05, 4.69) is 15.2 Å². The quantitative estimate of drug-likeness (QED) is 0.506. The molecule has 0 spiro atoms. The van der Waals surface area contributed by atoms with E-state index in [-0.39, 0.29) is 11.4 Å². The Balaban J connectivity index is 2.14. The molecule has 0 radical (unpaired) electrons. The third-order valence-electron chi connectivity index (χ3n) is 2.87. The molecule has 0 amide bonds. The van der Waals surface area contributed by atoms with E-state index in [0.717, 1.165) is 10.2 Å². The van der Waals surface area contributed by atoms with Gasteiger partial charge in [0, 0.05) is 0 Å². The molecule has 3 aromatic heterocycles. The van der Waals surface area contributed by atoms with Gasteiger partial charge in [-0.3, -0.25) is 4.79 Å². The lowest BCUT2D eigenvalue weighted by atomic mass is 10.3.